The predicted octanol–water partition coefficient (Wildman–Crippen LogP) is 3.94. The van der Waals surface area contributed by atoms with Crippen LogP contribution in [0.1, 0.15) is 65.7 Å². The lowest BCUT2D eigenvalue weighted by atomic mass is 9.98. The molecule has 2 saturated carbocycles. The highest BCUT2D eigenvalue weighted by atomic mass is 15.3. The zero-order valence-corrected chi connectivity index (χ0v) is 17.8. The summed E-state index contributed by atoms with van der Waals surface area (Å²) < 4.78 is 0. The van der Waals surface area contributed by atoms with Gasteiger partial charge in [0.1, 0.15) is 0 Å². The van der Waals surface area contributed by atoms with Gasteiger partial charge in [-0.3, -0.25) is 4.90 Å². The van der Waals surface area contributed by atoms with Gasteiger partial charge in [-0.25, -0.2) is 0 Å². The summed E-state index contributed by atoms with van der Waals surface area (Å²) in [5.74, 6) is 3.05. The second-order valence-corrected chi connectivity index (χ2v) is 10.6. The molecule has 2 saturated heterocycles. The van der Waals surface area contributed by atoms with E-state index in [4.69, 9.17) is 0 Å². The summed E-state index contributed by atoms with van der Waals surface area (Å²) in [4.78, 5) is 8.28. The molecule has 0 aromatic carbocycles. The van der Waals surface area contributed by atoms with E-state index in [1.165, 1.54) is 97.3 Å². The van der Waals surface area contributed by atoms with Crippen molar-refractivity contribution in [3.63, 3.8) is 0 Å². The zero-order valence-electron chi connectivity index (χ0n) is 17.8. The van der Waals surface area contributed by atoms with Gasteiger partial charge in [0.2, 0.25) is 0 Å². The Labute approximate surface area is 162 Å². The average Bonchev–Trinajstić information content (AvgIpc) is 3.13. The lowest BCUT2D eigenvalue weighted by molar-refractivity contribution is 0.0953. The van der Waals surface area contributed by atoms with Crippen molar-refractivity contribution in [3.05, 3.63) is 0 Å². The Morgan fingerprint density at radius 1 is 0.923 bits per heavy atom. The summed E-state index contributed by atoms with van der Waals surface area (Å²) in [5, 5.41) is 0. The van der Waals surface area contributed by atoms with Gasteiger partial charge in [0.25, 0.3) is 0 Å². The second-order valence-electron chi connectivity index (χ2n) is 10.6. The number of hydrogen-bond acceptors (Lipinski definition) is 3. The van der Waals surface area contributed by atoms with Crippen molar-refractivity contribution in [1.29, 1.82) is 0 Å². The van der Waals surface area contributed by atoms with E-state index in [-0.39, 0.29) is 0 Å². The van der Waals surface area contributed by atoms with Crippen LogP contribution in [0.5, 0.6) is 0 Å². The Hall–Kier alpha value is -0.120. The molecular weight excluding hydrogens is 318 g/mol. The Morgan fingerprint density at radius 2 is 1.58 bits per heavy atom. The van der Waals surface area contributed by atoms with Crippen LogP contribution in [0.2, 0.25) is 0 Å². The van der Waals surface area contributed by atoms with E-state index in [1.807, 2.05) is 0 Å². The molecule has 1 unspecified atom stereocenters. The molecule has 0 amide bonds. The van der Waals surface area contributed by atoms with Crippen LogP contribution in [0.4, 0.5) is 0 Å². The lowest BCUT2D eigenvalue weighted by Crippen LogP contribution is -2.49. The third-order valence-electron chi connectivity index (χ3n) is 8.15. The first-order valence-corrected chi connectivity index (χ1v) is 11.8. The third-order valence-corrected chi connectivity index (χ3v) is 8.15. The largest absolute Gasteiger partial charge is 0.302 e. The molecule has 0 spiro atoms. The fourth-order valence-corrected chi connectivity index (χ4v) is 6.32. The Bertz CT molecular complexity index is 436. The minimum atomic E-state index is 0.723. The topological polar surface area (TPSA) is 9.72 Å². The van der Waals surface area contributed by atoms with E-state index in [9.17, 15) is 0 Å². The number of likely N-dealkylation sites (tertiary alicyclic amines) is 1. The highest BCUT2D eigenvalue weighted by molar-refractivity contribution is 5.00. The number of fused-ring (bicyclic) bond motifs is 1. The molecular formula is C23H43N3. The van der Waals surface area contributed by atoms with Crippen molar-refractivity contribution in [1.82, 2.24) is 14.7 Å². The number of piperazine rings is 1. The van der Waals surface area contributed by atoms with E-state index in [0.29, 0.717) is 0 Å². The molecule has 4 fully saturated rings. The zero-order chi connectivity index (χ0) is 18.1. The maximum Gasteiger partial charge on any atom is 0.0113 e. The summed E-state index contributed by atoms with van der Waals surface area (Å²) in [6.07, 6.45) is 10.4. The molecule has 0 N–H and O–H groups in total. The minimum absolute atomic E-state index is 0.723. The van der Waals surface area contributed by atoms with Gasteiger partial charge in [0.05, 0.1) is 0 Å². The van der Waals surface area contributed by atoms with E-state index in [0.717, 1.165) is 29.2 Å². The molecule has 26 heavy (non-hydrogen) atoms. The second kappa shape index (κ2) is 8.09. The Morgan fingerprint density at radius 3 is 2.12 bits per heavy atom. The van der Waals surface area contributed by atoms with E-state index in [2.05, 4.69) is 35.5 Å². The van der Waals surface area contributed by atoms with Crippen LogP contribution >= 0.6 is 0 Å². The average molecular weight is 362 g/mol. The Kier molecular flexibility index (Phi) is 5.98. The molecule has 150 valence electrons. The van der Waals surface area contributed by atoms with Crippen LogP contribution in [0.3, 0.4) is 0 Å². The van der Waals surface area contributed by atoms with Crippen LogP contribution in [-0.2, 0) is 0 Å². The molecule has 0 aromatic rings. The van der Waals surface area contributed by atoms with Crippen molar-refractivity contribution in [2.75, 3.05) is 52.4 Å². The maximum atomic E-state index is 2.87. The van der Waals surface area contributed by atoms with Gasteiger partial charge in [-0.1, -0.05) is 19.8 Å². The maximum absolute atomic E-state index is 2.87. The molecule has 3 atom stereocenters. The normalized spacial score (nSPS) is 35.3. The van der Waals surface area contributed by atoms with Gasteiger partial charge >= 0.3 is 0 Å². The highest BCUT2D eigenvalue weighted by Gasteiger charge is 2.47. The van der Waals surface area contributed by atoms with Gasteiger partial charge in [-0.2, -0.15) is 0 Å². The number of nitrogens with zero attached hydrogens (tertiary/aromatic N) is 3. The van der Waals surface area contributed by atoms with E-state index >= 15 is 0 Å². The van der Waals surface area contributed by atoms with E-state index in [1.54, 1.807) is 0 Å². The monoisotopic (exact) mass is 361 g/mol. The van der Waals surface area contributed by atoms with Crippen LogP contribution < -0.4 is 0 Å². The van der Waals surface area contributed by atoms with Gasteiger partial charge < -0.3 is 9.80 Å². The molecule has 2 aliphatic carbocycles. The van der Waals surface area contributed by atoms with Crippen LogP contribution in [-0.4, -0.2) is 73.1 Å². The van der Waals surface area contributed by atoms with Crippen LogP contribution in [0, 0.1) is 23.2 Å². The summed E-state index contributed by atoms with van der Waals surface area (Å²) in [5.41, 5.74) is 0.754. The van der Waals surface area contributed by atoms with Crippen LogP contribution in [0.25, 0.3) is 0 Å². The fourth-order valence-electron chi connectivity index (χ4n) is 6.32. The molecule has 0 bridgehead atoms. The molecule has 0 aromatic heterocycles. The summed E-state index contributed by atoms with van der Waals surface area (Å²) in [6, 6.07) is 0.723. The van der Waals surface area contributed by atoms with Crippen molar-refractivity contribution < 1.29 is 0 Å². The summed E-state index contributed by atoms with van der Waals surface area (Å²) in [6.45, 7) is 17.9. The highest BCUT2D eigenvalue weighted by Crippen LogP contribution is 2.52. The Balaban J connectivity index is 1.17. The SMILES string of the molecule is CCCCC1(CN2C[C@H]3CC(CN4CCN(C(C)C)CC4)C[C@H]3C2)CC1. The number of unbranched alkanes of at least 4 members (excludes halogenated alkanes) is 1. The van der Waals surface area contributed by atoms with Crippen molar-refractivity contribution in [2.24, 2.45) is 23.2 Å². The van der Waals surface area contributed by atoms with Gasteiger partial charge in [0.15, 0.2) is 0 Å². The molecule has 2 heterocycles. The molecule has 2 aliphatic heterocycles. The molecule has 4 aliphatic rings. The quantitative estimate of drug-likeness (QED) is 0.648. The molecule has 3 heteroatoms. The van der Waals surface area contributed by atoms with Gasteiger partial charge in [-0.15, -0.1) is 0 Å². The first-order valence-electron chi connectivity index (χ1n) is 11.8. The lowest BCUT2D eigenvalue weighted by Gasteiger charge is -2.38. The van der Waals surface area contributed by atoms with Crippen molar-refractivity contribution in [2.45, 2.75) is 71.8 Å². The smallest absolute Gasteiger partial charge is 0.0113 e. The minimum Gasteiger partial charge on any atom is -0.302 e. The number of hydrogen-bond donors (Lipinski definition) is 0. The van der Waals surface area contributed by atoms with Gasteiger partial charge in [-0.05, 0) is 69.1 Å². The fraction of sp³-hybridized carbons (Fsp3) is 1.00. The third kappa shape index (κ3) is 4.47. The summed E-state index contributed by atoms with van der Waals surface area (Å²) >= 11 is 0. The molecule has 4 rings (SSSR count). The first-order chi connectivity index (χ1) is 12.6. The van der Waals surface area contributed by atoms with E-state index < -0.39 is 0 Å². The standard InChI is InChI=1S/C23H43N3/c1-4-5-6-23(7-8-23)18-25-16-21-13-20(14-22(21)17-25)15-24-9-11-26(12-10-24)19(2)3/h19-22H,4-18H2,1-3H3/t20?,21-,22+. The van der Waals surface area contributed by atoms with Crippen molar-refractivity contribution in [3.8, 4) is 0 Å². The predicted molar refractivity (Wildman–Crippen MR) is 110 cm³/mol. The molecule has 3 nitrogen and oxygen atoms in total. The first kappa shape index (κ1) is 19.2. The molecule has 0 radical (unpaired) electrons. The van der Waals surface area contributed by atoms with Crippen molar-refractivity contribution >= 4 is 0 Å². The number of rotatable bonds is 8. The van der Waals surface area contributed by atoms with Gasteiger partial charge in [0, 0.05) is 58.4 Å². The van der Waals surface area contributed by atoms with Crippen LogP contribution in [0.15, 0.2) is 0 Å². The summed E-state index contributed by atoms with van der Waals surface area (Å²) in [7, 11) is 0.